The first-order valence-electron chi connectivity index (χ1n) is 5.85. The topological polar surface area (TPSA) is 75.3 Å². The monoisotopic (exact) mass is 248 g/mol. The summed E-state index contributed by atoms with van der Waals surface area (Å²) in [6, 6.07) is -0.604. The summed E-state index contributed by atoms with van der Waals surface area (Å²) in [6.45, 7) is 2.40. The van der Waals surface area contributed by atoms with Crippen molar-refractivity contribution in [1.82, 2.24) is 10.0 Å². The number of carbonyl (C=O) groups is 1. The van der Waals surface area contributed by atoms with Gasteiger partial charge in [0.15, 0.2) is 0 Å². The summed E-state index contributed by atoms with van der Waals surface area (Å²) in [6.07, 6.45) is 5.07. The Bertz CT molecular complexity index is 321. The van der Waals surface area contributed by atoms with Crippen molar-refractivity contribution in [3.8, 4) is 0 Å². The lowest BCUT2D eigenvalue weighted by atomic mass is 10.0. The Morgan fingerprint density at radius 2 is 1.88 bits per heavy atom. The Hall–Kier alpha value is -0.780. The maximum Gasteiger partial charge on any atom is 0.328 e. The van der Waals surface area contributed by atoms with E-state index in [-0.39, 0.29) is 0 Å². The average Bonchev–Trinajstić information content (AvgIpc) is 2.27. The largest absolute Gasteiger partial charge is 0.337 e. The number of hydrogen-bond acceptors (Lipinski definition) is 3. The van der Waals surface area contributed by atoms with Crippen LogP contribution in [0.2, 0.25) is 0 Å². The average molecular weight is 248 g/mol. The molecule has 1 aliphatic rings. The van der Waals surface area contributed by atoms with Gasteiger partial charge in [-0.2, -0.15) is 0 Å². The van der Waals surface area contributed by atoms with E-state index in [1.165, 1.54) is 0 Å². The molecule has 0 heterocycles. The van der Waals surface area contributed by atoms with Gasteiger partial charge in [0.2, 0.25) is 10.0 Å². The van der Waals surface area contributed by atoms with Crippen molar-refractivity contribution < 1.29 is 13.2 Å². The molecule has 1 saturated carbocycles. The zero-order valence-electron chi connectivity index (χ0n) is 9.66. The molecular formula is C10H20N2O3S. The van der Waals surface area contributed by atoms with Crippen LogP contribution in [0.4, 0.5) is 4.79 Å². The maximum absolute atomic E-state index is 11.8. The second kappa shape index (κ2) is 6.08. The molecule has 2 amide bonds. The first-order chi connectivity index (χ1) is 7.56. The Balaban J connectivity index is 2.46. The van der Waals surface area contributed by atoms with E-state index in [1.807, 2.05) is 6.92 Å². The Kier molecular flexibility index (Phi) is 5.05. The summed E-state index contributed by atoms with van der Waals surface area (Å²) in [7, 11) is -3.48. The fourth-order valence-corrected chi connectivity index (χ4v) is 3.31. The van der Waals surface area contributed by atoms with Crippen LogP contribution in [-0.2, 0) is 10.0 Å². The van der Waals surface area contributed by atoms with E-state index in [1.54, 1.807) is 0 Å². The van der Waals surface area contributed by atoms with Crippen molar-refractivity contribution >= 4 is 16.1 Å². The lowest BCUT2D eigenvalue weighted by Gasteiger charge is -2.21. The highest BCUT2D eigenvalue weighted by Crippen LogP contribution is 2.22. The molecule has 0 saturated heterocycles. The fourth-order valence-electron chi connectivity index (χ4n) is 1.86. The molecule has 5 nitrogen and oxygen atoms in total. The molecule has 1 fully saturated rings. The molecule has 0 aromatic heterocycles. The number of carbonyl (C=O) groups excluding carboxylic acids is 1. The molecular weight excluding hydrogens is 228 g/mol. The van der Waals surface area contributed by atoms with Crippen LogP contribution in [0, 0.1) is 0 Å². The molecule has 0 atom stereocenters. The van der Waals surface area contributed by atoms with Crippen molar-refractivity contribution in [2.75, 3.05) is 6.54 Å². The summed E-state index contributed by atoms with van der Waals surface area (Å²) in [5, 5.41) is 2.10. The molecule has 16 heavy (non-hydrogen) atoms. The molecule has 0 bridgehead atoms. The molecule has 0 spiro atoms. The van der Waals surface area contributed by atoms with Gasteiger partial charge in [0.25, 0.3) is 0 Å². The van der Waals surface area contributed by atoms with Crippen LogP contribution in [0.25, 0.3) is 0 Å². The lowest BCUT2D eigenvalue weighted by Crippen LogP contribution is -2.44. The van der Waals surface area contributed by atoms with E-state index < -0.39 is 21.3 Å². The minimum atomic E-state index is -3.48. The second-order valence-corrected chi connectivity index (χ2v) is 6.12. The van der Waals surface area contributed by atoms with Gasteiger partial charge in [0, 0.05) is 6.54 Å². The predicted molar refractivity (Wildman–Crippen MR) is 62.6 cm³/mol. The van der Waals surface area contributed by atoms with Crippen LogP contribution in [0.15, 0.2) is 0 Å². The first kappa shape index (κ1) is 13.3. The summed E-state index contributed by atoms with van der Waals surface area (Å²) in [5.41, 5.74) is 0. The van der Waals surface area contributed by atoms with Gasteiger partial charge in [-0.1, -0.05) is 26.2 Å². The van der Waals surface area contributed by atoms with Crippen molar-refractivity contribution in [1.29, 1.82) is 0 Å². The third kappa shape index (κ3) is 4.00. The zero-order chi connectivity index (χ0) is 12.0. The second-order valence-electron chi connectivity index (χ2n) is 4.16. The maximum atomic E-state index is 11.8. The number of amides is 2. The van der Waals surface area contributed by atoms with Crippen molar-refractivity contribution in [2.24, 2.45) is 0 Å². The normalized spacial score (nSPS) is 18.1. The minimum Gasteiger partial charge on any atom is -0.337 e. The van der Waals surface area contributed by atoms with Crippen molar-refractivity contribution in [3.63, 3.8) is 0 Å². The van der Waals surface area contributed by atoms with Gasteiger partial charge < -0.3 is 5.32 Å². The van der Waals surface area contributed by atoms with E-state index in [0.717, 1.165) is 25.7 Å². The van der Waals surface area contributed by atoms with Gasteiger partial charge in [-0.25, -0.2) is 17.9 Å². The number of nitrogens with one attached hydrogen (secondary N) is 2. The molecule has 1 aliphatic carbocycles. The van der Waals surface area contributed by atoms with Gasteiger partial charge >= 0.3 is 6.03 Å². The van der Waals surface area contributed by atoms with Gasteiger partial charge in [-0.3, -0.25) is 0 Å². The number of hydrogen-bond donors (Lipinski definition) is 2. The summed E-state index contributed by atoms with van der Waals surface area (Å²) >= 11 is 0. The van der Waals surface area contributed by atoms with E-state index in [9.17, 15) is 13.2 Å². The molecule has 6 heteroatoms. The molecule has 0 aliphatic heterocycles. The molecule has 0 unspecified atom stereocenters. The first-order valence-corrected chi connectivity index (χ1v) is 7.40. The highest BCUT2D eigenvalue weighted by Gasteiger charge is 2.28. The summed E-state index contributed by atoms with van der Waals surface area (Å²) in [4.78, 5) is 11.3. The van der Waals surface area contributed by atoms with Crippen LogP contribution in [0.3, 0.4) is 0 Å². The van der Waals surface area contributed by atoms with Crippen LogP contribution >= 0.6 is 0 Å². The van der Waals surface area contributed by atoms with Crippen LogP contribution in [0.1, 0.15) is 45.4 Å². The van der Waals surface area contributed by atoms with Crippen LogP contribution in [-0.4, -0.2) is 26.2 Å². The van der Waals surface area contributed by atoms with E-state index in [4.69, 9.17) is 0 Å². The van der Waals surface area contributed by atoms with E-state index in [2.05, 4.69) is 10.0 Å². The fraction of sp³-hybridized carbons (Fsp3) is 0.900. The summed E-state index contributed by atoms with van der Waals surface area (Å²) < 4.78 is 25.7. The van der Waals surface area contributed by atoms with E-state index >= 15 is 0 Å². The van der Waals surface area contributed by atoms with Crippen molar-refractivity contribution in [2.45, 2.75) is 50.7 Å². The SMILES string of the molecule is CCCNC(=O)NS(=O)(=O)C1CCCCC1. The van der Waals surface area contributed by atoms with Gasteiger partial charge in [-0.15, -0.1) is 0 Å². The number of sulfonamides is 1. The van der Waals surface area contributed by atoms with Crippen LogP contribution in [0.5, 0.6) is 0 Å². The smallest absolute Gasteiger partial charge is 0.328 e. The molecule has 0 radical (unpaired) electrons. The van der Waals surface area contributed by atoms with E-state index in [0.29, 0.717) is 19.4 Å². The molecule has 0 aromatic carbocycles. The molecule has 1 rings (SSSR count). The third-order valence-corrected chi connectivity index (χ3v) is 4.58. The van der Waals surface area contributed by atoms with Crippen molar-refractivity contribution in [3.05, 3.63) is 0 Å². The number of rotatable bonds is 4. The minimum absolute atomic E-state index is 0.395. The van der Waals surface area contributed by atoms with Gasteiger partial charge in [0.05, 0.1) is 5.25 Å². The third-order valence-electron chi connectivity index (χ3n) is 2.76. The Labute approximate surface area is 97.0 Å². The molecule has 94 valence electrons. The zero-order valence-corrected chi connectivity index (χ0v) is 10.5. The van der Waals surface area contributed by atoms with Gasteiger partial charge in [0.1, 0.15) is 0 Å². The van der Waals surface area contributed by atoms with Crippen LogP contribution < -0.4 is 10.0 Å². The predicted octanol–water partition coefficient (Wildman–Crippen LogP) is 1.36. The highest BCUT2D eigenvalue weighted by molar-refractivity contribution is 7.90. The van der Waals surface area contributed by atoms with Gasteiger partial charge in [-0.05, 0) is 19.3 Å². The quantitative estimate of drug-likeness (QED) is 0.788. The number of urea groups is 1. The lowest BCUT2D eigenvalue weighted by molar-refractivity contribution is 0.245. The standard InChI is InChI=1S/C10H20N2O3S/c1-2-8-11-10(13)12-16(14,15)9-6-4-3-5-7-9/h9H,2-8H2,1H3,(H2,11,12,13). The Morgan fingerprint density at radius 3 is 2.44 bits per heavy atom. The molecule has 2 N–H and O–H groups in total. The molecule has 0 aromatic rings. The Morgan fingerprint density at radius 1 is 1.25 bits per heavy atom. The summed E-state index contributed by atoms with van der Waals surface area (Å²) in [5.74, 6) is 0. The highest BCUT2D eigenvalue weighted by atomic mass is 32.2.